The summed E-state index contributed by atoms with van der Waals surface area (Å²) in [5.74, 6) is -7.30. The first-order valence-electron chi connectivity index (χ1n) is 42.2. The van der Waals surface area contributed by atoms with Gasteiger partial charge in [-0.1, -0.05) is 68.2 Å². The Morgan fingerprint density at radius 1 is 0.615 bits per heavy atom. The van der Waals surface area contributed by atoms with E-state index in [1.165, 1.54) is 60.9 Å². The smallest absolute Gasteiger partial charge is 0.422 e. The number of pyridine rings is 2. The third-order valence-electron chi connectivity index (χ3n) is 22.0. The fraction of sp³-hybridized carbons (Fsp3) is 0.560. The number of alkyl halides is 3. The summed E-state index contributed by atoms with van der Waals surface area (Å²) in [5, 5.41) is 28.2. The number of aromatic hydroxyl groups is 1. The lowest BCUT2D eigenvalue weighted by atomic mass is 9.86. The lowest BCUT2D eigenvalue weighted by Crippen LogP contribution is -2.54. The summed E-state index contributed by atoms with van der Waals surface area (Å²) < 4.78 is 77.4. The maximum absolute atomic E-state index is 14.7. The average molecular weight is 1700 g/mol. The molecule has 2 saturated carbocycles. The number of amides is 4. The molecule has 6 aliphatic heterocycles. The number of benzene rings is 3. The molecule has 8 heterocycles. The number of carboxylic acid groups (broad SMARTS) is 1. The van der Waals surface area contributed by atoms with Crippen LogP contribution in [0.15, 0.2) is 91.0 Å². The number of nitrogens with one attached hydrogen (secondary N) is 3. The van der Waals surface area contributed by atoms with Crippen LogP contribution >= 0.6 is 0 Å². The van der Waals surface area contributed by atoms with Crippen molar-refractivity contribution in [2.24, 2.45) is 23.7 Å². The van der Waals surface area contributed by atoms with Crippen molar-refractivity contribution in [1.29, 1.82) is 0 Å². The van der Waals surface area contributed by atoms with Gasteiger partial charge in [0.15, 0.2) is 29.7 Å². The van der Waals surface area contributed by atoms with Crippen LogP contribution in [0.3, 0.4) is 0 Å². The fourth-order valence-electron chi connectivity index (χ4n) is 16.1. The van der Waals surface area contributed by atoms with Crippen LogP contribution in [-0.2, 0) is 62.1 Å². The van der Waals surface area contributed by atoms with Gasteiger partial charge in [0, 0.05) is 47.3 Å². The lowest BCUT2D eigenvalue weighted by molar-refractivity contribution is -0.159. The number of hydrogen-bond donors (Lipinski definition) is 5. The molecule has 0 unspecified atom stereocenters. The molecule has 3 aromatic carbocycles. The first-order valence-corrected chi connectivity index (χ1v) is 42.2. The fourth-order valence-corrected chi connectivity index (χ4v) is 16.1. The Kier molecular flexibility index (Phi) is 32.2. The monoisotopic (exact) mass is 1700 g/mol. The summed E-state index contributed by atoms with van der Waals surface area (Å²) in [6.45, 7) is 21.9. The highest BCUT2D eigenvalue weighted by atomic mass is 19.4. The van der Waals surface area contributed by atoms with Gasteiger partial charge in [0.1, 0.15) is 57.2 Å². The highest BCUT2D eigenvalue weighted by Crippen LogP contribution is 2.50. The second kappa shape index (κ2) is 41.3. The van der Waals surface area contributed by atoms with Crippen LogP contribution in [0.2, 0.25) is 0 Å². The number of halogens is 3. The molecular formula is C91H116F3N7O21. The zero-order chi connectivity index (χ0) is 89.2. The minimum absolute atomic E-state index is 0.0522. The summed E-state index contributed by atoms with van der Waals surface area (Å²) >= 11 is 0. The third kappa shape index (κ3) is 25.2. The highest BCUT2D eigenvalue weighted by Gasteiger charge is 2.64. The molecule has 31 heteroatoms. The second-order valence-corrected chi connectivity index (χ2v) is 34.1. The van der Waals surface area contributed by atoms with E-state index in [1.807, 2.05) is 31.2 Å². The number of aromatic nitrogens is 2. The van der Waals surface area contributed by atoms with E-state index in [0.29, 0.717) is 83.4 Å². The van der Waals surface area contributed by atoms with Crippen LogP contribution in [0.25, 0.3) is 21.8 Å². The van der Waals surface area contributed by atoms with E-state index in [-0.39, 0.29) is 110 Å². The Morgan fingerprint density at radius 2 is 1.12 bits per heavy atom. The number of carboxylic acids is 1. The van der Waals surface area contributed by atoms with Crippen LogP contribution in [0.4, 0.5) is 13.2 Å². The number of hydrogen-bond acceptors (Lipinski definition) is 23. The molecule has 1 spiro atoms. The topological polar surface area (TPSA) is 378 Å². The number of aryl methyl sites for hydroxylation is 2. The SMILES string of the molecule is C1CCNC1.CCOC(=O)[C@@]12C[C@H]1/C=C\CCCCC[C@H](CC(=O)OC(C)(C)C)C(=O)N1CC(=O)C[C@H]1C(=O)N2.CCOC(=O)[C@@]12C[C@H]1/C=C\CCCCC[C@H](CC(=O)OC(C)(C)C)C(=O)N1C[C@@]3(CC(=O)c4c(c(C)nc5ccc(OCC(F)(F)F)cc45)O3)C[C@H]1C(=O)N2.CCOc1ccc2nc(C)c(O)c(C(C)=O)c2c1.O=C(O)c1ccccc1. The Labute approximate surface area is 708 Å². The summed E-state index contributed by atoms with van der Waals surface area (Å²) in [4.78, 5) is 168. The first-order chi connectivity index (χ1) is 57.6. The first kappa shape index (κ1) is 95.0. The number of Topliss-reactive ketones (excluding diaryl/α,β-unsaturated/α-hetero) is 3. The molecule has 28 nitrogen and oxygen atoms in total. The van der Waals surface area contributed by atoms with E-state index in [2.05, 4.69) is 25.9 Å². The van der Waals surface area contributed by atoms with E-state index >= 15 is 0 Å². The predicted molar refractivity (Wildman–Crippen MR) is 444 cm³/mol. The third-order valence-corrected chi connectivity index (χ3v) is 22.0. The summed E-state index contributed by atoms with van der Waals surface area (Å²) in [5.41, 5.74) is -2.82. The lowest BCUT2D eigenvalue weighted by Gasteiger charge is -2.36. The van der Waals surface area contributed by atoms with Crippen molar-refractivity contribution in [3.63, 3.8) is 0 Å². The standard InChI is InChI=1S/C40H48F3N3O9.C26H38N2O7.C14H15NO3.C7H6O2.C4H9N/c1-6-52-36(51)39-18-25(39)13-11-9-7-8-10-12-24(16-31(48)54-37(3,4)5)35(50)46-21-38(19-29(46)34(49)45-39)20-30(47)32-27-17-26(53-22-40(41,42)43)14-15-28(27)44-23(2)33(32)55-38;1-5-34-24(33)26-15-18(26)12-10-8-6-7-9-11-17(13-21(30)35-25(2,3)4)23(32)28-16-19(29)14-20(28)22(31)27-26;1-4-18-10-5-6-12-11(7-10)13(9(3)16)14(17)8(2)15-12;8-7(9)6-4-2-1-3-5-6;1-2-4-5-3-1/h11,13-15,17,24-25,29H,6-10,12,16,18-22H2,1-5H3,(H,45,49);10,12,17-18,20H,5-9,11,13-16H2,1-4H3,(H,27,31);5-7,17H,4H2,1-3H3;1-5H,(H,8,9);5H,1-4H2/b13-11-;12-10-;;;/t24-,25-,29+,38+,39-;17-,18-,20+,26-;;;/m11.../s1. The van der Waals surface area contributed by atoms with Gasteiger partial charge in [0.2, 0.25) is 23.6 Å². The molecule has 662 valence electrons. The predicted octanol–water partition coefficient (Wildman–Crippen LogP) is 13.2. The molecule has 8 aliphatic rings. The summed E-state index contributed by atoms with van der Waals surface area (Å²) in [6, 6.07) is 15.5. The zero-order valence-corrected chi connectivity index (χ0v) is 71.8. The number of esters is 4. The van der Waals surface area contributed by atoms with Crippen molar-refractivity contribution >= 4 is 92.6 Å². The maximum Gasteiger partial charge on any atom is 0.422 e. The Balaban J connectivity index is 0.000000211. The van der Waals surface area contributed by atoms with Gasteiger partial charge < -0.3 is 69.1 Å². The van der Waals surface area contributed by atoms with Crippen molar-refractivity contribution in [3.8, 4) is 23.0 Å². The Bertz CT molecular complexity index is 4740. The summed E-state index contributed by atoms with van der Waals surface area (Å²) in [6.07, 6.45) is 13.1. The number of ether oxygens (including phenoxy) is 7. The van der Waals surface area contributed by atoms with Crippen LogP contribution < -0.4 is 30.2 Å². The number of allylic oxidation sites excluding steroid dienone is 2. The highest BCUT2D eigenvalue weighted by molar-refractivity contribution is 6.12. The minimum atomic E-state index is -4.58. The van der Waals surface area contributed by atoms with Gasteiger partial charge in [-0.05, 0) is 209 Å². The molecule has 5 N–H and O–H groups in total. The van der Waals surface area contributed by atoms with Crippen LogP contribution in [0.5, 0.6) is 23.0 Å². The van der Waals surface area contributed by atoms with Crippen molar-refractivity contribution in [2.75, 3.05) is 52.6 Å². The second-order valence-electron chi connectivity index (χ2n) is 34.1. The van der Waals surface area contributed by atoms with Gasteiger partial charge in [-0.3, -0.25) is 43.2 Å². The molecule has 4 amide bonds. The minimum Gasteiger partial charge on any atom is -0.505 e. The molecule has 2 aromatic heterocycles. The molecule has 0 bridgehead atoms. The van der Waals surface area contributed by atoms with Gasteiger partial charge in [0.25, 0.3) is 0 Å². The molecule has 0 radical (unpaired) electrons. The van der Waals surface area contributed by atoms with E-state index < -0.39 is 124 Å². The normalized spacial score (nSPS) is 24.6. The largest absolute Gasteiger partial charge is 0.505 e. The summed E-state index contributed by atoms with van der Waals surface area (Å²) in [7, 11) is 0. The molecule has 5 fully saturated rings. The number of carbonyl (C=O) groups excluding carboxylic acids is 11. The van der Waals surface area contributed by atoms with Crippen LogP contribution in [-0.4, -0.2) is 200 Å². The zero-order valence-electron chi connectivity index (χ0n) is 71.8. The van der Waals surface area contributed by atoms with Crippen molar-refractivity contribution in [3.05, 3.63) is 119 Å². The van der Waals surface area contributed by atoms with Gasteiger partial charge in [0.05, 0.1) is 91.3 Å². The maximum atomic E-state index is 14.7. The van der Waals surface area contributed by atoms with E-state index in [0.717, 1.165) is 44.9 Å². The van der Waals surface area contributed by atoms with E-state index in [9.17, 15) is 75.8 Å². The molecule has 2 aliphatic carbocycles. The number of carbonyl (C=O) groups is 12. The van der Waals surface area contributed by atoms with Crippen LogP contribution in [0, 0.1) is 37.5 Å². The average Bonchev–Trinajstić information content (AvgIpc) is 1.52. The van der Waals surface area contributed by atoms with Crippen molar-refractivity contribution in [2.45, 2.75) is 251 Å². The van der Waals surface area contributed by atoms with E-state index in [4.69, 9.17) is 38.3 Å². The van der Waals surface area contributed by atoms with Crippen LogP contribution in [0.1, 0.15) is 234 Å². The van der Waals surface area contributed by atoms with Gasteiger partial charge in [-0.2, -0.15) is 13.2 Å². The van der Waals surface area contributed by atoms with Gasteiger partial charge in [-0.25, -0.2) is 24.4 Å². The molecule has 3 saturated heterocycles. The molecule has 13 rings (SSSR count). The van der Waals surface area contributed by atoms with E-state index in [1.54, 1.807) is 118 Å². The quantitative estimate of drug-likeness (QED) is 0.0298. The molecule has 122 heavy (non-hydrogen) atoms. The Morgan fingerprint density at radius 3 is 1.61 bits per heavy atom. The molecule has 9 atom stereocenters. The molecular weight excluding hydrogens is 1580 g/mol. The van der Waals surface area contributed by atoms with Gasteiger partial charge in [-0.15, -0.1) is 0 Å². The number of rotatable bonds is 14. The number of fused-ring (bicyclic) bond motifs is 8. The number of ketones is 3. The van der Waals surface area contributed by atoms with Crippen molar-refractivity contribution < 1.29 is 114 Å². The number of nitrogens with zero attached hydrogens (tertiary/aromatic N) is 4. The molecule has 5 aromatic rings. The Hall–Kier alpha value is -10.9. The van der Waals surface area contributed by atoms with Crippen molar-refractivity contribution in [1.82, 2.24) is 35.7 Å². The number of aromatic carboxylic acids is 1. The van der Waals surface area contributed by atoms with Gasteiger partial charge >= 0.3 is 36.0 Å².